The van der Waals surface area contributed by atoms with Gasteiger partial charge in [-0.05, 0) is 30.5 Å². The number of amides is 1. The van der Waals surface area contributed by atoms with Crippen LogP contribution in [0, 0.1) is 0 Å². The minimum Gasteiger partial charge on any atom is -0.493 e. The molecule has 0 atom stereocenters. The third kappa shape index (κ3) is 3.75. The molecule has 1 amide bonds. The molecule has 0 unspecified atom stereocenters. The molecule has 1 heterocycles. The van der Waals surface area contributed by atoms with Gasteiger partial charge in [-0.25, -0.2) is 0 Å². The molecule has 6 nitrogen and oxygen atoms in total. The van der Waals surface area contributed by atoms with Crippen LogP contribution in [0.25, 0.3) is 0 Å². The molecule has 0 bridgehead atoms. The van der Waals surface area contributed by atoms with Gasteiger partial charge < -0.3 is 19.5 Å². The first-order valence-electron chi connectivity index (χ1n) is 9.01. The average molecular weight is 348 g/mol. The number of hydrogen-bond donors (Lipinski definition) is 1. The lowest BCUT2D eigenvalue weighted by Crippen LogP contribution is -2.60. The Labute approximate surface area is 149 Å². The van der Waals surface area contributed by atoms with E-state index in [1.54, 1.807) is 14.2 Å². The van der Waals surface area contributed by atoms with Crippen LogP contribution < -0.4 is 14.8 Å². The van der Waals surface area contributed by atoms with Gasteiger partial charge in [-0.1, -0.05) is 18.9 Å². The molecule has 1 aliphatic carbocycles. The van der Waals surface area contributed by atoms with Gasteiger partial charge in [0.15, 0.2) is 11.5 Å². The predicted octanol–water partition coefficient (Wildman–Crippen LogP) is 1.96. The van der Waals surface area contributed by atoms with Crippen LogP contribution >= 0.6 is 0 Å². The quantitative estimate of drug-likeness (QED) is 0.852. The Hall–Kier alpha value is -1.79. The predicted molar refractivity (Wildman–Crippen MR) is 95.0 cm³/mol. The molecule has 2 fully saturated rings. The Bertz CT molecular complexity index is 593. The van der Waals surface area contributed by atoms with Crippen molar-refractivity contribution in [1.82, 2.24) is 10.2 Å². The van der Waals surface area contributed by atoms with Gasteiger partial charge in [0.05, 0.1) is 27.4 Å². The number of hydrogen-bond acceptors (Lipinski definition) is 5. The van der Waals surface area contributed by atoms with Crippen molar-refractivity contribution in [1.29, 1.82) is 0 Å². The molecule has 138 valence electrons. The number of morpholine rings is 1. The van der Waals surface area contributed by atoms with Crippen LogP contribution in [0.1, 0.15) is 31.2 Å². The number of methoxy groups -OCH3 is 2. The Morgan fingerprint density at radius 2 is 1.84 bits per heavy atom. The van der Waals surface area contributed by atoms with Gasteiger partial charge in [0.25, 0.3) is 0 Å². The number of benzene rings is 1. The third-order valence-corrected chi connectivity index (χ3v) is 5.37. The lowest BCUT2D eigenvalue weighted by molar-refractivity contribution is -0.137. The maximum absolute atomic E-state index is 13.1. The van der Waals surface area contributed by atoms with E-state index in [1.165, 1.54) is 0 Å². The molecule has 0 radical (unpaired) electrons. The zero-order valence-corrected chi connectivity index (χ0v) is 15.2. The van der Waals surface area contributed by atoms with Gasteiger partial charge in [-0.15, -0.1) is 0 Å². The van der Waals surface area contributed by atoms with E-state index in [-0.39, 0.29) is 11.4 Å². The highest BCUT2D eigenvalue weighted by Gasteiger charge is 2.46. The summed E-state index contributed by atoms with van der Waals surface area (Å²) in [4.78, 5) is 15.4. The molecule has 25 heavy (non-hydrogen) atoms. The minimum atomic E-state index is -0.361. The van der Waals surface area contributed by atoms with Crippen molar-refractivity contribution in [3.8, 4) is 11.5 Å². The van der Waals surface area contributed by atoms with Crippen molar-refractivity contribution in [2.75, 3.05) is 40.5 Å². The van der Waals surface area contributed by atoms with Crippen LogP contribution in [0.3, 0.4) is 0 Å². The summed E-state index contributed by atoms with van der Waals surface area (Å²) in [5.74, 6) is 1.51. The molecule has 1 saturated carbocycles. The smallest absolute Gasteiger partial charge is 0.240 e. The third-order valence-electron chi connectivity index (χ3n) is 5.37. The maximum atomic E-state index is 13.1. The summed E-state index contributed by atoms with van der Waals surface area (Å²) >= 11 is 0. The van der Waals surface area contributed by atoms with Crippen molar-refractivity contribution >= 4 is 5.91 Å². The maximum Gasteiger partial charge on any atom is 0.240 e. The number of carbonyl (C=O) groups is 1. The monoisotopic (exact) mass is 348 g/mol. The van der Waals surface area contributed by atoms with Crippen molar-refractivity contribution in [2.45, 2.75) is 37.8 Å². The van der Waals surface area contributed by atoms with Gasteiger partial charge >= 0.3 is 0 Å². The molecule has 1 saturated heterocycles. The number of carbonyl (C=O) groups excluding carboxylic acids is 1. The highest BCUT2D eigenvalue weighted by atomic mass is 16.5. The van der Waals surface area contributed by atoms with Gasteiger partial charge in [0.2, 0.25) is 5.91 Å². The van der Waals surface area contributed by atoms with E-state index < -0.39 is 0 Å². The summed E-state index contributed by atoms with van der Waals surface area (Å²) in [5, 5.41) is 3.15. The molecule has 3 rings (SSSR count). The Morgan fingerprint density at radius 1 is 1.16 bits per heavy atom. The van der Waals surface area contributed by atoms with E-state index in [2.05, 4.69) is 10.2 Å². The standard InChI is InChI=1S/C19H28N2O4/c1-23-16-6-5-15(13-17(16)24-2)14-20-18(22)19(7-3-4-8-19)21-9-11-25-12-10-21/h5-6,13H,3-4,7-12,14H2,1-2H3,(H,20,22). The Morgan fingerprint density at radius 3 is 2.48 bits per heavy atom. The molecule has 2 aliphatic rings. The van der Waals surface area contributed by atoms with Crippen molar-refractivity contribution < 1.29 is 19.0 Å². The molecular formula is C19H28N2O4. The largest absolute Gasteiger partial charge is 0.493 e. The normalized spacial score (nSPS) is 20.2. The summed E-state index contributed by atoms with van der Waals surface area (Å²) in [7, 11) is 3.23. The molecule has 0 spiro atoms. The first kappa shape index (κ1) is 18.0. The van der Waals surface area contributed by atoms with E-state index in [9.17, 15) is 4.79 Å². The van der Waals surface area contributed by atoms with Crippen LogP contribution in [0.5, 0.6) is 11.5 Å². The SMILES string of the molecule is COc1ccc(CNC(=O)C2(N3CCOCC3)CCCC2)cc1OC. The second-order valence-electron chi connectivity index (χ2n) is 6.71. The number of nitrogens with zero attached hydrogens (tertiary/aromatic N) is 1. The number of nitrogens with one attached hydrogen (secondary N) is 1. The van der Waals surface area contributed by atoms with Gasteiger partial charge in [-0.2, -0.15) is 0 Å². The molecule has 1 aliphatic heterocycles. The van der Waals surface area contributed by atoms with Crippen molar-refractivity contribution in [3.63, 3.8) is 0 Å². The summed E-state index contributed by atoms with van der Waals surface area (Å²) < 4.78 is 16.1. The van der Waals surface area contributed by atoms with Gasteiger partial charge in [0.1, 0.15) is 5.54 Å². The topological polar surface area (TPSA) is 60.0 Å². The molecule has 1 aromatic rings. The summed E-state index contributed by atoms with van der Waals surface area (Å²) in [5.41, 5.74) is 0.640. The Kier molecular flexibility index (Phi) is 5.81. The summed E-state index contributed by atoms with van der Waals surface area (Å²) in [6.45, 7) is 3.59. The number of rotatable bonds is 6. The van der Waals surface area contributed by atoms with Crippen molar-refractivity contribution in [3.05, 3.63) is 23.8 Å². The van der Waals surface area contributed by atoms with E-state index in [1.807, 2.05) is 18.2 Å². The second-order valence-corrected chi connectivity index (χ2v) is 6.71. The highest BCUT2D eigenvalue weighted by Crippen LogP contribution is 2.36. The zero-order chi connectivity index (χ0) is 17.7. The van der Waals surface area contributed by atoms with Crippen LogP contribution in [0.15, 0.2) is 18.2 Å². The number of ether oxygens (including phenoxy) is 3. The van der Waals surface area contributed by atoms with E-state index in [0.717, 1.165) is 44.3 Å². The van der Waals surface area contributed by atoms with Crippen LogP contribution in [0.2, 0.25) is 0 Å². The first-order valence-corrected chi connectivity index (χ1v) is 9.01. The van der Waals surface area contributed by atoms with Gasteiger partial charge in [-0.3, -0.25) is 9.69 Å². The Balaban J connectivity index is 1.68. The fraction of sp³-hybridized carbons (Fsp3) is 0.632. The van der Waals surface area contributed by atoms with Gasteiger partial charge in [0, 0.05) is 19.6 Å². The highest BCUT2D eigenvalue weighted by molar-refractivity contribution is 5.86. The van der Waals surface area contributed by atoms with E-state index in [0.29, 0.717) is 31.3 Å². The fourth-order valence-electron chi connectivity index (χ4n) is 3.98. The molecule has 1 aromatic carbocycles. The van der Waals surface area contributed by atoms with E-state index in [4.69, 9.17) is 14.2 Å². The van der Waals surface area contributed by atoms with Crippen molar-refractivity contribution in [2.24, 2.45) is 0 Å². The lowest BCUT2D eigenvalue weighted by Gasteiger charge is -2.42. The second kappa shape index (κ2) is 8.06. The fourth-order valence-corrected chi connectivity index (χ4v) is 3.98. The molecular weight excluding hydrogens is 320 g/mol. The zero-order valence-electron chi connectivity index (χ0n) is 15.2. The molecule has 6 heteroatoms. The molecule has 1 N–H and O–H groups in total. The summed E-state index contributed by atoms with van der Waals surface area (Å²) in [6, 6.07) is 5.74. The van der Waals surface area contributed by atoms with E-state index >= 15 is 0 Å². The summed E-state index contributed by atoms with van der Waals surface area (Å²) in [6.07, 6.45) is 4.10. The van der Waals surface area contributed by atoms with Crippen LogP contribution in [0.4, 0.5) is 0 Å². The average Bonchev–Trinajstić information content (AvgIpc) is 3.17. The minimum absolute atomic E-state index is 0.140. The first-order chi connectivity index (χ1) is 12.2. The van der Waals surface area contributed by atoms with Crippen LogP contribution in [-0.4, -0.2) is 56.9 Å². The lowest BCUT2D eigenvalue weighted by atomic mass is 9.93. The van der Waals surface area contributed by atoms with Crippen LogP contribution in [-0.2, 0) is 16.1 Å². The molecule has 0 aromatic heterocycles.